The van der Waals surface area contributed by atoms with Crippen LogP contribution >= 0.6 is 0 Å². The third-order valence-corrected chi connectivity index (χ3v) is 4.77. The van der Waals surface area contributed by atoms with Crippen molar-refractivity contribution < 1.29 is 24.2 Å². The average molecular weight is 393 g/mol. The van der Waals surface area contributed by atoms with Crippen LogP contribution in [-0.2, 0) is 14.3 Å². The Balaban J connectivity index is 2.16. The molecule has 1 heterocycles. The molecule has 0 bridgehead atoms. The molecule has 6 nitrogen and oxygen atoms in total. The zero-order valence-electron chi connectivity index (χ0n) is 17.1. The predicted molar refractivity (Wildman–Crippen MR) is 111 cm³/mol. The molecular weight excluding hydrogens is 370 g/mol. The Hall–Kier alpha value is -3.54. The minimum Gasteiger partial charge on any atom is -0.504 e. The lowest BCUT2D eigenvalue weighted by molar-refractivity contribution is -0.136. The number of methoxy groups -OCH3 is 2. The van der Waals surface area contributed by atoms with Crippen LogP contribution in [0, 0.1) is 13.8 Å². The molecule has 2 aromatic carbocycles. The number of benzene rings is 2. The van der Waals surface area contributed by atoms with E-state index in [1.54, 1.807) is 25.1 Å². The fourth-order valence-electron chi connectivity index (χ4n) is 3.52. The van der Waals surface area contributed by atoms with Gasteiger partial charge in [0.2, 0.25) is 0 Å². The van der Waals surface area contributed by atoms with Gasteiger partial charge in [-0.3, -0.25) is 9.69 Å². The summed E-state index contributed by atoms with van der Waals surface area (Å²) < 4.78 is 10.1. The van der Waals surface area contributed by atoms with Crippen LogP contribution in [0.5, 0.6) is 11.5 Å². The molecule has 0 radical (unpaired) electrons. The third-order valence-electron chi connectivity index (χ3n) is 4.77. The summed E-state index contributed by atoms with van der Waals surface area (Å²) >= 11 is 0. The average Bonchev–Trinajstić information content (AvgIpc) is 2.91. The van der Waals surface area contributed by atoms with Crippen LogP contribution in [0.25, 0.3) is 6.08 Å². The van der Waals surface area contributed by atoms with Crippen molar-refractivity contribution in [2.24, 2.45) is 0 Å². The molecule has 0 atom stereocenters. The fraction of sp³-hybridized carbons (Fsp3) is 0.217. The second-order valence-corrected chi connectivity index (χ2v) is 6.93. The number of rotatable bonds is 4. The Morgan fingerprint density at radius 3 is 2.28 bits per heavy atom. The minimum atomic E-state index is -0.584. The van der Waals surface area contributed by atoms with Gasteiger partial charge in [0.25, 0.3) is 5.91 Å². The number of nitrogens with zero attached hydrogens (tertiary/aromatic N) is 1. The van der Waals surface area contributed by atoms with Crippen molar-refractivity contribution in [1.82, 2.24) is 0 Å². The van der Waals surface area contributed by atoms with Gasteiger partial charge in [-0.1, -0.05) is 12.1 Å². The van der Waals surface area contributed by atoms with Crippen molar-refractivity contribution in [3.63, 3.8) is 0 Å². The molecule has 0 spiro atoms. The molecule has 6 heteroatoms. The molecule has 0 unspecified atom stereocenters. The van der Waals surface area contributed by atoms with Gasteiger partial charge in [0.15, 0.2) is 11.5 Å². The van der Waals surface area contributed by atoms with Gasteiger partial charge in [-0.05, 0) is 67.8 Å². The highest BCUT2D eigenvalue weighted by atomic mass is 16.5. The fourth-order valence-corrected chi connectivity index (χ4v) is 3.52. The maximum atomic E-state index is 13.3. The first-order valence-electron chi connectivity index (χ1n) is 9.07. The maximum Gasteiger partial charge on any atom is 0.340 e. The van der Waals surface area contributed by atoms with E-state index in [0.717, 1.165) is 11.1 Å². The van der Waals surface area contributed by atoms with Gasteiger partial charge in [-0.25, -0.2) is 4.79 Å². The number of phenols is 1. The number of phenolic OH excluding ortho intramolecular Hbond substituents is 1. The van der Waals surface area contributed by atoms with E-state index in [4.69, 9.17) is 9.47 Å². The second kappa shape index (κ2) is 7.83. The zero-order valence-corrected chi connectivity index (χ0v) is 17.1. The van der Waals surface area contributed by atoms with Crippen LogP contribution in [-0.4, -0.2) is 31.2 Å². The lowest BCUT2D eigenvalue weighted by Gasteiger charge is -2.19. The normalized spacial score (nSPS) is 15.3. The molecule has 0 fully saturated rings. The Morgan fingerprint density at radius 2 is 1.69 bits per heavy atom. The van der Waals surface area contributed by atoms with Crippen LogP contribution < -0.4 is 9.64 Å². The maximum absolute atomic E-state index is 13.3. The molecule has 1 N–H and O–H groups in total. The van der Waals surface area contributed by atoms with E-state index in [9.17, 15) is 14.7 Å². The van der Waals surface area contributed by atoms with Crippen LogP contribution in [0.2, 0.25) is 0 Å². The number of anilines is 1. The summed E-state index contributed by atoms with van der Waals surface area (Å²) in [6.45, 7) is 5.63. The van der Waals surface area contributed by atoms with Crippen molar-refractivity contribution in [2.75, 3.05) is 19.1 Å². The number of allylic oxidation sites excluding steroid dienone is 1. The Morgan fingerprint density at radius 1 is 1.03 bits per heavy atom. The number of amides is 1. The molecule has 2 aromatic rings. The van der Waals surface area contributed by atoms with Gasteiger partial charge in [0, 0.05) is 11.4 Å². The van der Waals surface area contributed by atoms with Crippen LogP contribution in [0.1, 0.15) is 23.6 Å². The first kappa shape index (κ1) is 20.2. The largest absolute Gasteiger partial charge is 0.504 e. The molecule has 0 aliphatic carbocycles. The number of hydrogen-bond acceptors (Lipinski definition) is 5. The van der Waals surface area contributed by atoms with Crippen molar-refractivity contribution in [3.05, 3.63) is 69.9 Å². The highest BCUT2D eigenvalue weighted by Crippen LogP contribution is 2.37. The minimum absolute atomic E-state index is 0.0100. The molecule has 150 valence electrons. The summed E-state index contributed by atoms with van der Waals surface area (Å²) in [5, 5.41) is 9.81. The van der Waals surface area contributed by atoms with Gasteiger partial charge >= 0.3 is 5.97 Å². The third kappa shape index (κ3) is 3.74. The Kier molecular flexibility index (Phi) is 5.46. The number of esters is 1. The summed E-state index contributed by atoms with van der Waals surface area (Å²) in [5.74, 6) is -0.639. The first-order chi connectivity index (χ1) is 13.8. The van der Waals surface area contributed by atoms with E-state index in [1.165, 1.54) is 25.2 Å². The SMILES string of the molecule is COC(=O)C1=C(C)N(c2cc(C)cc(C)c2)C(=O)/C1=C\c1ccc(O)c(OC)c1. The van der Waals surface area contributed by atoms with E-state index in [2.05, 4.69) is 0 Å². The van der Waals surface area contributed by atoms with E-state index < -0.39 is 5.97 Å². The van der Waals surface area contributed by atoms with E-state index >= 15 is 0 Å². The highest BCUT2D eigenvalue weighted by molar-refractivity contribution is 6.23. The Bertz CT molecular complexity index is 1040. The van der Waals surface area contributed by atoms with Gasteiger partial charge in [-0.2, -0.15) is 0 Å². The second-order valence-electron chi connectivity index (χ2n) is 6.93. The summed E-state index contributed by atoms with van der Waals surface area (Å²) in [6.07, 6.45) is 1.60. The van der Waals surface area contributed by atoms with Crippen molar-refractivity contribution in [3.8, 4) is 11.5 Å². The van der Waals surface area contributed by atoms with Crippen molar-refractivity contribution in [2.45, 2.75) is 20.8 Å². The quantitative estimate of drug-likeness (QED) is 0.630. The topological polar surface area (TPSA) is 76.1 Å². The summed E-state index contributed by atoms with van der Waals surface area (Å²) in [5.41, 5.74) is 4.27. The van der Waals surface area contributed by atoms with Crippen LogP contribution in [0.4, 0.5) is 5.69 Å². The van der Waals surface area contributed by atoms with E-state index in [0.29, 0.717) is 16.9 Å². The van der Waals surface area contributed by atoms with E-state index in [-0.39, 0.29) is 28.6 Å². The molecule has 0 aromatic heterocycles. The lowest BCUT2D eigenvalue weighted by atomic mass is 10.0. The zero-order chi connectivity index (χ0) is 21.3. The van der Waals surface area contributed by atoms with Crippen LogP contribution in [0.3, 0.4) is 0 Å². The molecular formula is C23H23NO5. The van der Waals surface area contributed by atoms with Crippen molar-refractivity contribution in [1.29, 1.82) is 0 Å². The molecule has 0 saturated heterocycles. The summed E-state index contributed by atoms with van der Waals surface area (Å²) in [6, 6.07) is 10.5. The predicted octanol–water partition coefficient (Wildman–Crippen LogP) is 3.89. The number of carbonyl (C=O) groups is 2. The number of ether oxygens (including phenoxy) is 2. The van der Waals surface area contributed by atoms with Gasteiger partial charge in [0.1, 0.15) is 0 Å². The van der Waals surface area contributed by atoms with Gasteiger partial charge in [-0.15, -0.1) is 0 Å². The molecule has 29 heavy (non-hydrogen) atoms. The van der Waals surface area contributed by atoms with E-state index in [1.807, 2.05) is 32.0 Å². The Labute approximate surface area is 169 Å². The first-order valence-corrected chi connectivity index (χ1v) is 9.07. The summed E-state index contributed by atoms with van der Waals surface area (Å²) in [4.78, 5) is 27.3. The number of aromatic hydroxyl groups is 1. The number of carbonyl (C=O) groups excluding carboxylic acids is 2. The smallest absolute Gasteiger partial charge is 0.340 e. The molecule has 1 aliphatic rings. The van der Waals surface area contributed by atoms with Crippen molar-refractivity contribution >= 4 is 23.6 Å². The van der Waals surface area contributed by atoms with Gasteiger partial charge in [0.05, 0.1) is 25.4 Å². The standard InChI is InChI=1S/C23H23NO5/c1-13-8-14(2)10-17(9-13)24-15(3)21(23(27)29-5)18(22(24)26)11-16-6-7-19(25)20(12-16)28-4/h6-12,25H,1-5H3/b18-11-. The number of hydrogen-bond donors (Lipinski definition) is 1. The van der Waals surface area contributed by atoms with Crippen LogP contribution in [0.15, 0.2) is 53.2 Å². The number of aryl methyl sites for hydroxylation is 2. The molecule has 0 saturated carbocycles. The molecule has 1 aliphatic heterocycles. The lowest BCUT2D eigenvalue weighted by Crippen LogP contribution is -2.24. The molecule has 1 amide bonds. The monoisotopic (exact) mass is 393 g/mol. The molecule has 3 rings (SSSR count). The highest BCUT2D eigenvalue weighted by Gasteiger charge is 2.38. The van der Waals surface area contributed by atoms with Gasteiger partial charge < -0.3 is 14.6 Å². The summed E-state index contributed by atoms with van der Waals surface area (Å²) in [7, 11) is 2.73.